The van der Waals surface area contributed by atoms with E-state index in [9.17, 15) is 9.59 Å². The fraction of sp³-hybridized carbons (Fsp3) is 0.364. The second kappa shape index (κ2) is 8.02. The quantitative estimate of drug-likeness (QED) is 0.660. The summed E-state index contributed by atoms with van der Waals surface area (Å²) in [5.41, 5.74) is 3.87. The minimum atomic E-state index is -0.390. The molecule has 2 aromatic heterocycles. The summed E-state index contributed by atoms with van der Waals surface area (Å²) in [5, 5.41) is 6.98. The Bertz CT molecular complexity index is 1120. The monoisotopic (exact) mass is 424 g/mol. The molecule has 0 bridgehead atoms. The number of aromatic nitrogens is 2. The molecule has 0 radical (unpaired) electrons. The number of benzene rings is 1. The Hall–Kier alpha value is -3.00. The number of thiophene rings is 1. The zero-order valence-electron chi connectivity index (χ0n) is 17.5. The summed E-state index contributed by atoms with van der Waals surface area (Å²) in [6, 6.07) is 7.80. The minimum absolute atomic E-state index is 0.0278. The summed E-state index contributed by atoms with van der Waals surface area (Å²) in [6.07, 6.45) is 0.882. The first kappa shape index (κ1) is 20.3. The highest BCUT2D eigenvalue weighted by atomic mass is 32.1. The number of hydrogen-bond donors (Lipinski definition) is 1. The maximum absolute atomic E-state index is 12.9. The van der Waals surface area contributed by atoms with Crippen LogP contribution in [0.4, 0.5) is 11.4 Å². The first-order valence-electron chi connectivity index (χ1n) is 9.97. The molecule has 0 saturated carbocycles. The molecule has 4 rings (SSSR count). The molecule has 8 heteroatoms. The summed E-state index contributed by atoms with van der Waals surface area (Å²) in [5.74, 6) is 0.540. The molecule has 0 unspecified atom stereocenters. The highest BCUT2D eigenvalue weighted by Gasteiger charge is 2.35. The highest BCUT2D eigenvalue weighted by Crippen LogP contribution is 2.34. The third-order valence-corrected chi connectivity index (χ3v) is 6.51. The molecule has 3 heterocycles. The van der Waals surface area contributed by atoms with E-state index in [1.165, 1.54) is 16.9 Å². The van der Waals surface area contributed by atoms with Crippen molar-refractivity contribution in [3.05, 3.63) is 46.2 Å². The fourth-order valence-electron chi connectivity index (χ4n) is 3.48. The van der Waals surface area contributed by atoms with Gasteiger partial charge < -0.3 is 14.7 Å². The molecule has 156 valence electrons. The molecule has 1 aliphatic rings. The van der Waals surface area contributed by atoms with E-state index >= 15 is 0 Å². The van der Waals surface area contributed by atoms with Gasteiger partial charge in [0.2, 0.25) is 23.5 Å². The summed E-state index contributed by atoms with van der Waals surface area (Å²) >= 11 is 1.50. The van der Waals surface area contributed by atoms with Crippen LogP contribution in [0.5, 0.6) is 0 Å². The first-order chi connectivity index (χ1) is 14.4. The predicted octanol–water partition coefficient (Wildman–Crippen LogP) is 4.28. The van der Waals surface area contributed by atoms with Crippen LogP contribution in [-0.2, 0) is 16.0 Å². The van der Waals surface area contributed by atoms with E-state index in [0.29, 0.717) is 24.7 Å². The molecule has 1 aliphatic heterocycles. The average molecular weight is 425 g/mol. The lowest BCUT2D eigenvalue weighted by atomic mass is 10.1. The van der Waals surface area contributed by atoms with Gasteiger partial charge in [-0.2, -0.15) is 4.98 Å². The lowest BCUT2D eigenvalue weighted by molar-refractivity contribution is -0.122. The van der Waals surface area contributed by atoms with Crippen molar-refractivity contribution >= 4 is 34.5 Å². The second-order valence-corrected chi connectivity index (χ2v) is 8.87. The van der Waals surface area contributed by atoms with Crippen LogP contribution in [0.2, 0.25) is 0 Å². The van der Waals surface area contributed by atoms with Gasteiger partial charge in [0.25, 0.3) is 0 Å². The topological polar surface area (TPSA) is 88.3 Å². The largest absolute Gasteiger partial charge is 0.339 e. The van der Waals surface area contributed by atoms with E-state index in [1.54, 1.807) is 4.90 Å². The Morgan fingerprint density at radius 3 is 2.77 bits per heavy atom. The molecule has 1 atom stereocenters. The van der Waals surface area contributed by atoms with Gasteiger partial charge in [-0.3, -0.25) is 9.59 Å². The average Bonchev–Trinajstić information content (AvgIpc) is 3.43. The SMILES string of the molecule is CCc1nc(-c2cc(NC(=O)[C@@H]3CC(=O)N(c4ccc(C)c(C)c4)C3)c(C)s2)no1. The van der Waals surface area contributed by atoms with E-state index in [-0.39, 0.29) is 18.2 Å². The maximum Gasteiger partial charge on any atom is 0.229 e. The summed E-state index contributed by atoms with van der Waals surface area (Å²) < 4.78 is 5.18. The zero-order valence-corrected chi connectivity index (χ0v) is 18.3. The van der Waals surface area contributed by atoms with Crippen LogP contribution >= 0.6 is 11.3 Å². The zero-order chi connectivity index (χ0) is 21.4. The van der Waals surface area contributed by atoms with Gasteiger partial charge in [0, 0.05) is 30.0 Å². The van der Waals surface area contributed by atoms with Gasteiger partial charge in [0.05, 0.1) is 16.5 Å². The van der Waals surface area contributed by atoms with E-state index in [0.717, 1.165) is 26.7 Å². The van der Waals surface area contributed by atoms with Crippen LogP contribution in [0.3, 0.4) is 0 Å². The third kappa shape index (κ3) is 3.87. The molecule has 1 saturated heterocycles. The Balaban J connectivity index is 1.46. The minimum Gasteiger partial charge on any atom is -0.339 e. The number of hydrogen-bond acceptors (Lipinski definition) is 6. The molecule has 3 aromatic rings. The van der Waals surface area contributed by atoms with Crippen molar-refractivity contribution in [1.82, 2.24) is 10.1 Å². The number of nitrogens with zero attached hydrogens (tertiary/aromatic N) is 3. The van der Waals surface area contributed by atoms with Gasteiger partial charge in [-0.15, -0.1) is 11.3 Å². The molecule has 0 aliphatic carbocycles. The van der Waals surface area contributed by atoms with Gasteiger partial charge in [-0.1, -0.05) is 18.1 Å². The van der Waals surface area contributed by atoms with Crippen molar-refractivity contribution in [1.29, 1.82) is 0 Å². The van der Waals surface area contributed by atoms with Crippen molar-refractivity contribution in [2.45, 2.75) is 40.5 Å². The van der Waals surface area contributed by atoms with Crippen LogP contribution in [0.25, 0.3) is 10.7 Å². The van der Waals surface area contributed by atoms with Crippen LogP contribution in [0, 0.1) is 26.7 Å². The normalized spacial score (nSPS) is 16.3. The summed E-state index contributed by atoms with van der Waals surface area (Å²) in [7, 11) is 0. The van der Waals surface area contributed by atoms with Gasteiger partial charge in [0.15, 0.2) is 0 Å². The van der Waals surface area contributed by atoms with Gasteiger partial charge in [0.1, 0.15) is 0 Å². The lowest BCUT2D eigenvalue weighted by Gasteiger charge is -2.18. The first-order valence-corrected chi connectivity index (χ1v) is 10.8. The van der Waals surface area contributed by atoms with Crippen molar-refractivity contribution in [2.24, 2.45) is 5.92 Å². The van der Waals surface area contributed by atoms with Crippen molar-refractivity contribution in [2.75, 3.05) is 16.8 Å². The fourth-order valence-corrected chi connectivity index (χ4v) is 4.38. The molecular weight excluding hydrogens is 400 g/mol. The molecular formula is C22H24N4O3S. The Kier molecular flexibility index (Phi) is 5.42. The van der Waals surface area contributed by atoms with E-state index in [2.05, 4.69) is 15.5 Å². The van der Waals surface area contributed by atoms with E-state index in [4.69, 9.17) is 4.52 Å². The van der Waals surface area contributed by atoms with Gasteiger partial charge in [-0.05, 0) is 50.1 Å². The number of amides is 2. The van der Waals surface area contributed by atoms with Crippen molar-refractivity contribution in [3.8, 4) is 10.7 Å². The van der Waals surface area contributed by atoms with Crippen molar-refractivity contribution < 1.29 is 14.1 Å². The summed E-state index contributed by atoms with van der Waals surface area (Å²) in [4.78, 5) is 33.3. The van der Waals surface area contributed by atoms with Crippen LogP contribution < -0.4 is 10.2 Å². The van der Waals surface area contributed by atoms with Crippen LogP contribution in [0.15, 0.2) is 28.8 Å². The lowest BCUT2D eigenvalue weighted by Crippen LogP contribution is -2.28. The highest BCUT2D eigenvalue weighted by molar-refractivity contribution is 7.16. The number of rotatable bonds is 5. The summed E-state index contributed by atoms with van der Waals surface area (Å²) in [6.45, 7) is 8.33. The Morgan fingerprint density at radius 1 is 1.27 bits per heavy atom. The number of nitrogens with one attached hydrogen (secondary N) is 1. The Labute approximate surface area is 179 Å². The standard InChI is InChI=1S/C22H24N4O3S/c1-5-19-24-21(25-29-19)18-10-17(14(4)30-18)23-22(28)15-9-20(27)26(11-15)16-7-6-12(2)13(3)8-16/h6-8,10,15H,5,9,11H2,1-4H3,(H,23,28)/t15-/m1/s1. The number of aryl methyl sites for hydroxylation is 4. The third-order valence-electron chi connectivity index (χ3n) is 5.46. The second-order valence-electron chi connectivity index (χ2n) is 7.61. The molecule has 1 fully saturated rings. The molecule has 0 spiro atoms. The smallest absolute Gasteiger partial charge is 0.229 e. The molecule has 1 N–H and O–H groups in total. The van der Waals surface area contributed by atoms with Gasteiger partial charge >= 0.3 is 0 Å². The van der Waals surface area contributed by atoms with Crippen LogP contribution in [-0.4, -0.2) is 28.5 Å². The van der Waals surface area contributed by atoms with Crippen molar-refractivity contribution in [3.63, 3.8) is 0 Å². The van der Waals surface area contributed by atoms with E-state index < -0.39 is 5.92 Å². The number of carbonyl (C=O) groups excluding carboxylic acids is 2. The molecule has 2 amide bonds. The number of carbonyl (C=O) groups is 2. The Morgan fingerprint density at radius 2 is 2.07 bits per heavy atom. The molecule has 7 nitrogen and oxygen atoms in total. The molecule has 30 heavy (non-hydrogen) atoms. The van der Waals surface area contributed by atoms with Gasteiger partial charge in [-0.25, -0.2) is 0 Å². The maximum atomic E-state index is 12.9. The number of anilines is 2. The predicted molar refractivity (Wildman–Crippen MR) is 117 cm³/mol. The van der Waals surface area contributed by atoms with E-state index in [1.807, 2.05) is 52.0 Å². The van der Waals surface area contributed by atoms with Crippen LogP contribution in [0.1, 0.15) is 35.2 Å². The molecule has 1 aromatic carbocycles.